The summed E-state index contributed by atoms with van der Waals surface area (Å²) in [7, 11) is 0. The number of hydrogen-bond acceptors (Lipinski definition) is 6. The molecule has 2 heterocycles. The molecular weight excluding hydrogens is 304 g/mol. The average Bonchev–Trinajstić information content (AvgIpc) is 2.54. The van der Waals surface area contributed by atoms with Crippen LogP contribution in [0.2, 0.25) is 0 Å². The van der Waals surface area contributed by atoms with Gasteiger partial charge in [-0.1, -0.05) is 0 Å². The van der Waals surface area contributed by atoms with Crippen LogP contribution in [0.15, 0.2) is 15.8 Å². The molecule has 0 bridgehead atoms. The predicted octanol–water partition coefficient (Wildman–Crippen LogP) is -1.55. The maximum Gasteiger partial charge on any atom is 0.330 e. The minimum Gasteiger partial charge on any atom is -0.394 e. The van der Waals surface area contributed by atoms with Gasteiger partial charge in [0.15, 0.2) is 0 Å². The molecule has 0 saturated carbocycles. The van der Waals surface area contributed by atoms with Crippen LogP contribution in [0.3, 0.4) is 0 Å². The van der Waals surface area contributed by atoms with Gasteiger partial charge < -0.3 is 20.1 Å². The van der Waals surface area contributed by atoms with Crippen molar-refractivity contribution in [3.63, 3.8) is 0 Å². The summed E-state index contributed by atoms with van der Waals surface area (Å²) in [6.07, 6.45) is -3.34. The molecule has 21 heavy (non-hydrogen) atoms. The molecule has 8 nitrogen and oxygen atoms in total. The number of rotatable bonds is 2. The van der Waals surface area contributed by atoms with Crippen LogP contribution in [0.4, 0.5) is 0 Å². The number of H-pyrrole nitrogens is 1. The van der Waals surface area contributed by atoms with Crippen LogP contribution in [0.25, 0.3) is 0 Å². The zero-order chi connectivity index (χ0) is 15.7. The number of nitrogens with zero attached hydrogens (tertiary/aromatic N) is 1. The number of aryl methyl sites for hydroxylation is 1. The summed E-state index contributed by atoms with van der Waals surface area (Å²) in [5.74, 6) is 0. The van der Waals surface area contributed by atoms with Crippen LogP contribution in [-0.2, 0) is 4.74 Å². The van der Waals surface area contributed by atoms with E-state index < -0.39 is 47.8 Å². The third kappa shape index (κ3) is 3.19. The number of aliphatic hydroxyl groups excluding tert-OH is 3. The minimum atomic E-state index is -1.37. The smallest absolute Gasteiger partial charge is 0.330 e. The first-order chi connectivity index (χ1) is 9.85. The lowest BCUT2D eigenvalue weighted by Gasteiger charge is -2.24. The third-order valence-electron chi connectivity index (χ3n) is 3.50. The lowest BCUT2D eigenvalue weighted by atomic mass is 10.1. The molecular formula is C12H17ClN2O6. The molecule has 9 heteroatoms. The van der Waals surface area contributed by atoms with Gasteiger partial charge in [0.05, 0.1) is 18.1 Å². The first-order valence-electron chi connectivity index (χ1n) is 6.43. The maximum absolute atomic E-state index is 11.9. The van der Waals surface area contributed by atoms with Crippen molar-refractivity contribution in [1.82, 2.24) is 9.55 Å². The molecule has 1 aliphatic heterocycles. The fourth-order valence-electron chi connectivity index (χ4n) is 2.23. The fraction of sp³-hybridized carbons (Fsp3) is 0.667. The largest absolute Gasteiger partial charge is 0.394 e. The average molecular weight is 321 g/mol. The number of ether oxygens (including phenoxy) is 1. The standard InChI is InChI=1S/C12H17ClN2O6/c1-5-3-15(12(20)14-11(5)19)8-2-6(13)9(17)10(18)7(4-16)21-8/h3,6-10,16-18H,2,4H2,1H3,(H,14,19,20)/t6-,7+,8+,9-,10+/m0/s1. The molecule has 1 aromatic rings. The highest BCUT2D eigenvalue weighted by molar-refractivity contribution is 6.21. The molecule has 1 saturated heterocycles. The normalized spacial score (nSPS) is 33.7. The van der Waals surface area contributed by atoms with Crippen LogP contribution < -0.4 is 11.2 Å². The predicted molar refractivity (Wildman–Crippen MR) is 73.3 cm³/mol. The molecule has 5 atom stereocenters. The summed E-state index contributed by atoms with van der Waals surface area (Å²) in [4.78, 5) is 25.4. The van der Waals surface area contributed by atoms with Gasteiger partial charge in [-0.2, -0.15) is 0 Å². The molecule has 0 aliphatic carbocycles. The van der Waals surface area contributed by atoms with E-state index in [0.29, 0.717) is 5.56 Å². The van der Waals surface area contributed by atoms with Crippen LogP contribution in [0, 0.1) is 6.92 Å². The Morgan fingerprint density at radius 2 is 2.10 bits per heavy atom. The molecule has 118 valence electrons. The molecule has 1 aliphatic rings. The van der Waals surface area contributed by atoms with Gasteiger partial charge in [-0.05, 0) is 6.92 Å². The molecule has 0 spiro atoms. The highest BCUT2D eigenvalue weighted by Crippen LogP contribution is 2.28. The van der Waals surface area contributed by atoms with Gasteiger partial charge in [-0.15, -0.1) is 11.6 Å². The second kappa shape index (κ2) is 6.29. The van der Waals surface area contributed by atoms with E-state index >= 15 is 0 Å². The van der Waals surface area contributed by atoms with E-state index in [-0.39, 0.29) is 6.42 Å². The van der Waals surface area contributed by atoms with E-state index in [1.807, 2.05) is 0 Å². The second-order valence-electron chi connectivity index (χ2n) is 5.02. The summed E-state index contributed by atoms with van der Waals surface area (Å²) >= 11 is 6.00. The third-order valence-corrected chi connectivity index (χ3v) is 3.93. The Morgan fingerprint density at radius 3 is 2.71 bits per heavy atom. The first kappa shape index (κ1) is 16.2. The zero-order valence-corrected chi connectivity index (χ0v) is 12.0. The molecule has 1 fully saturated rings. The van der Waals surface area contributed by atoms with Crippen molar-refractivity contribution in [1.29, 1.82) is 0 Å². The number of hydrogen-bond donors (Lipinski definition) is 4. The van der Waals surface area contributed by atoms with Gasteiger partial charge in [0.2, 0.25) is 0 Å². The Kier molecular flexibility index (Phi) is 4.84. The van der Waals surface area contributed by atoms with Gasteiger partial charge in [0.1, 0.15) is 18.4 Å². The quantitative estimate of drug-likeness (QED) is 0.489. The van der Waals surface area contributed by atoms with Gasteiger partial charge in [0.25, 0.3) is 5.56 Å². The monoisotopic (exact) mass is 320 g/mol. The topological polar surface area (TPSA) is 125 Å². The molecule has 2 rings (SSSR count). The Hall–Kier alpha value is -1.19. The summed E-state index contributed by atoms with van der Waals surface area (Å²) in [5, 5.41) is 28.1. The SMILES string of the molecule is Cc1cn([C@H]2C[C@H](Cl)[C@H](O)[C@H](O)[C@@H](CO)O2)c(=O)[nH]c1=O. The molecule has 0 aromatic carbocycles. The van der Waals surface area contributed by atoms with E-state index in [2.05, 4.69) is 4.98 Å². The fourth-order valence-corrected chi connectivity index (χ4v) is 2.54. The Morgan fingerprint density at radius 1 is 1.43 bits per heavy atom. The van der Waals surface area contributed by atoms with E-state index in [1.54, 1.807) is 0 Å². The molecule has 0 unspecified atom stereocenters. The summed E-state index contributed by atoms with van der Waals surface area (Å²) in [6, 6.07) is 0. The van der Waals surface area contributed by atoms with Crippen LogP contribution in [-0.4, -0.2) is 55.2 Å². The maximum atomic E-state index is 11.9. The number of nitrogens with one attached hydrogen (secondary N) is 1. The molecule has 0 amide bonds. The first-order valence-corrected chi connectivity index (χ1v) is 6.87. The van der Waals surface area contributed by atoms with Crippen molar-refractivity contribution < 1.29 is 20.1 Å². The molecule has 1 aromatic heterocycles. The number of aliphatic hydroxyl groups is 3. The lowest BCUT2D eigenvalue weighted by Crippen LogP contribution is -2.43. The number of aromatic nitrogens is 2. The second-order valence-corrected chi connectivity index (χ2v) is 5.58. The zero-order valence-electron chi connectivity index (χ0n) is 11.3. The van der Waals surface area contributed by atoms with E-state index in [1.165, 1.54) is 13.1 Å². The number of alkyl halides is 1. The van der Waals surface area contributed by atoms with Crippen molar-refractivity contribution in [2.24, 2.45) is 0 Å². The van der Waals surface area contributed by atoms with Gasteiger partial charge >= 0.3 is 5.69 Å². The minimum absolute atomic E-state index is 0.0294. The van der Waals surface area contributed by atoms with E-state index in [9.17, 15) is 24.9 Å². The van der Waals surface area contributed by atoms with Crippen LogP contribution in [0.5, 0.6) is 0 Å². The van der Waals surface area contributed by atoms with Gasteiger partial charge in [-0.3, -0.25) is 14.3 Å². The highest BCUT2D eigenvalue weighted by Gasteiger charge is 2.39. The number of aromatic amines is 1. The summed E-state index contributed by atoms with van der Waals surface area (Å²) < 4.78 is 6.60. The van der Waals surface area contributed by atoms with Crippen LogP contribution >= 0.6 is 11.6 Å². The van der Waals surface area contributed by atoms with Gasteiger partial charge in [-0.25, -0.2) is 4.79 Å². The highest BCUT2D eigenvalue weighted by atomic mass is 35.5. The lowest BCUT2D eigenvalue weighted by molar-refractivity contribution is -0.129. The van der Waals surface area contributed by atoms with Gasteiger partial charge in [0, 0.05) is 18.2 Å². The number of halogens is 1. The van der Waals surface area contributed by atoms with E-state index in [4.69, 9.17) is 16.3 Å². The van der Waals surface area contributed by atoms with E-state index in [0.717, 1.165) is 4.57 Å². The Balaban J connectivity index is 2.41. The van der Waals surface area contributed by atoms with Crippen molar-refractivity contribution in [2.75, 3.05) is 6.61 Å². The van der Waals surface area contributed by atoms with Crippen molar-refractivity contribution in [3.05, 3.63) is 32.6 Å². The molecule has 4 N–H and O–H groups in total. The Bertz CT molecular complexity index is 615. The van der Waals surface area contributed by atoms with Crippen LogP contribution in [0.1, 0.15) is 18.2 Å². The summed E-state index contributed by atoms with van der Waals surface area (Å²) in [5.41, 5.74) is -0.900. The van der Waals surface area contributed by atoms with Crippen molar-refractivity contribution in [2.45, 2.75) is 43.3 Å². The van der Waals surface area contributed by atoms with Crippen molar-refractivity contribution in [3.8, 4) is 0 Å². The van der Waals surface area contributed by atoms with Crippen molar-refractivity contribution >= 4 is 11.6 Å². The summed E-state index contributed by atoms with van der Waals surface area (Å²) in [6.45, 7) is 0.978. The molecule has 0 radical (unpaired) electrons. The Labute approximate surface area is 124 Å².